The Kier molecular flexibility index (Phi) is 5.31. The fourth-order valence-electron chi connectivity index (χ4n) is 3.21. The summed E-state index contributed by atoms with van der Waals surface area (Å²) >= 11 is 0. The average molecular weight is 315 g/mol. The van der Waals surface area contributed by atoms with Gasteiger partial charge in [0.25, 0.3) is 0 Å². The molecule has 5 heteroatoms. The zero-order chi connectivity index (χ0) is 16.1. The van der Waals surface area contributed by atoms with Crippen molar-refractivity contribution < 1.29 is 9.13 Å². The Hall–Kier alpha value is -1.85. The number of nitrogens with zero attached hydrogens (tertiary/aromatic N) is 3. The first-order valence-electron chi connectivity index (χ1n) is 8.06. The molecular weight excluding hydrogens is 293 g/mol. The van der Waals surface area contributed by atoms with Gasteiger partial charge in [0.15, 0.2) is 0 Å². The summed E-state index contributed by atoms with van der Waals surface area (Å²) in [6.45, 7) is 3.65. The lowest BCUT2D eigenvalue weighted by Crippen LogP contribution is -2.37. The number of rotatable bonds is 5. The van der Waals surface area contributed by atoms with E-state index < -0.39 is 0 Å². The van der Waals surface area contributed by atoms with Gasteiger partial charge in [-0.15, -0.1) is 0 Å². The second-order valence-corrected chi connectivity index (χ2v) is 5.90. The minimum absolute atomic E-state index is 0.249. The summed E-state index contributed by atoms with van der Waals surface area (Å²) in [5.41, 5.74) is 2.11. The molecule has 1 unspecified atom stereocenters. The average Bonchev–Trinajstić information content (AvgIpc) is 2.61. The molecule has 0 spiro atoms. The predicted molar refractivity (Wildman–Crippen MR) is 87.7 cm³/mol. The third-order valence-electron chi connectivity index (χ3n) is 4.36. The summed E-state index contributed by atoms with van der Waals surface area (Å²) in [5.74, 6) is 0.0326. The maximum Gasteiger partial charge on any atom is 0.132 e. The Balaban J connectivity index is 1.87. The molecule has 0 saturated carbocycles. The van der Waals surface area contributed by atoms with Crippen LogP contribution in [0.4, 0.5) is 4.39 Å². The Morgan fingerprint density at radius 2 is 2.09 bits per heavy atom. The van der Waals surface area contributed by atoms with Crippen LogP contribution in [-0.2, 0) is 4.74 Å². The van der Waals surface area contributed by atoms with E-state index in [0.29, 0.717) is 11.3 Å². The van der Waals surface area contributed by atoms with Crippen LogP contribution < -0.4 is 0 Å². The van der Waals surface area contributed by atoms with Crippen LogP contribution >= 0.6 is 0 Å². The lowest BCUT2D eigenvalue weighted by atomic mass is 9.91. The highest BCUT2D eigenvalue weighted by molar-refractivity contribution is 5.62. The lowest BCUT2D eigenvalue weighted by molar-refractivity contribution is 0.127. The molecule has 0 aliphatic carbocycles. The van der Waals surface area contributed by atoms with Crippen molar-refractivity contribution in [3.63, 3.8) is 0 Å². The van der Waals surface area contributed by atoms with Crippen LogP contribution in [0.2, 0.25) is 0 Å². The van der Waals surface area contributed by atoms with E-state index in [9.17, 15) is 4.39 Å². The molecule has 1 aromatic heterocycles. The molecular formula is C18H22FN3O. The van der Waals surface area contributed by atoms with Crippen molar-refractivity contribution in [2.75, 3.05) is 33.4 Å². The molecule has 3 rings (SSSR count). The van der Waals surface area contributed by atoms with Crippen molar-refractivity contribution in [2.45, 2.75) is 18.8 Å². The van der Waals surface area contributed by atoms with Gasteiger partial charge >= 0.3 is 0 Å². The summed E-state index contributed by atoms with van der Waals surface area (Å²) in [6.07, 6.45) is 5.51. The highest BCUT2D eigenvalue weighted by atomic mass is 19.1. The molecule has 1 fully saturated rings. The number of benzene rings is 1. The largest absolute Gasteiger partial charge is 0.383 e. The predicted octanol–water partition coefficient (Wildman–Crippen LogP) is 3.11. The monoisotopic (exact) mass is 315 g/mol. The summed E-state index contributed by atoms with van der Waals surface area (Å²) in [7, 11) is 1.72. The Bertz CT molecular complexity index is 650. The Labute approximate surface area is 136 Å². The number of methoxy groups -OCH3 is 1. The molecule has 23 heavy (non-hydrogen) atoms. The van der Waals surface area contributed by atoms with Gasteiger partial charge in [0.1, 0.15) is 5.82 Å². The summed E-state index contributed by atoms with van der Waals surface area (Å²) in [6, 6.07) is 6.78. The highest BCUT2D eigenvalue weighted by Gasteiger charge is 2.25. The molecule has 0 bridgehead atoms. The first kappa shape index (κ1) is 16.0. The standard InChI is InChI=1S/C18H22FN3O/c1-23-12-11-22-10-4-5-14(13-22)17-18(21-9-8-20-17)15-6-2-3-7-16(15)19/h2-3,6-9,14H,4-5,10-13H2,1H3. The van der Waals surface area contributed by atoms with Gasteiger partial charge in [-0.2, -0.15) is 0 Å². The van der Waals surface area contributed by atoms with Gasteiger partial charge in [-0.3, -0.25) is 9.97 Å². The molecule has 4 nitrogen and oxygen atoms in total. The van der Waals surface area contributed by atoms with Crippen LogP contribution in [0.3, 0.4) is 0 Å². The molecule has 1 aliphatic rings. The van der Waals surface area contributed by atoms with Gasteiger partial charge < -0.3 is 9.64 Å². The van der Waals surface area contributed by atoms with Gasteiger partial charge in [-0.05, 0) is 31.5 Å². The molecule has 0 N–H and O–H groups in total. The van der Waals surface area contributed by atoms with Crippen LogP contribution in [0.5, 0.6) is 0 Å². The van der Waals surface area contributed by atoms with Gasteiger partial charge in [0.2, 0.25) is 0 Å². The quantitative estimate of drug-likeness (QED) is 0.850. The SMILES string of the molecule is COCCN1CCCC(c2nccnc2-c2ccccc2F)C1. The third kappa shape index (κ3) is 3.74. The molecule has 1 aliphatic heterocycles. The Morgan fingerprint density at radius 1 is 1.26 bits per heavy atom. The smallest absolute Gasteiger partial charge is 0.132 e. The third-order valence-corrected chi connectivity index (χ3v) is 4.36. The van der Waals surface area contributed by atoms with E-state index >= 15 is 0 Å². The number of ether oxygens (including phenoxy) is 1. The molecule has 0 radical (unpaired) electrons. The van der Waals surface area contributed by atoms with Crippen molar-refractivity contribution >= 4 is 0 Å². The fourth-order valence-corrected chi connectivity index (χ4v) is 3.21. The van der Waals surface area contributed by atoms with Crippen LogP contribution in [0.1, 0.15) is 24.5 Å². The molecule has 1 atom stereocenters. The van der Waals surface area contributed by atoms with E-state index in [1.165, 1.54) is 6.07 Å². The van der Waals surface area contributed by atoms with E-state index in [1.807, 2.05) is 6.07 Å². The Morgan fingerprint density at radius 3 is 2.91 bits per heavy atom. The van der Waals surface area contributed by atoms with E-state index in [0.717, 1.165) is 44.8 Å². The second-order valence-electron chi connectivity index (χ2n) is 5.90. The maximum atomic E-state index is 14.2. The zero-order valence-corrected chi connectivity index (χ0v) is 13.4. The van der Waals surface area contributed by atoms with Crippen LogP contribution in [0.25, 0.3) is 11.3 Å². The topological polar surface area (TPSA) is 38.2 Å². The number of hydrogen-bond donors (Lipinski definition) is 0. The van der Waals surface area contributed by atoms with Gasteiger partial charge in [-0.25, -0.2) is 4.39 Å². The minimum Gasteiger partial charge on any atom is -0.383 e. The lowest BCUT2D eigenvalue weighted by Gasteiger charge is -2.32. The number of likely N-dealkylation sites (tertiary alicyclic amines) is 1. The van der Waals surface area contributed by atoms with Crippen LogP contribution in [-0.4, -0.2) is 48.2 Å². The maximum absolute atomic E-state index is 14.2. The number of aromatic nitrogens is 2. The fraction of sp³-hybridized carbons (Fsp3) is 0.444. The summed E-state index contributed by atoms with van der Waals surface area (Å²) in [4.78, 5) is 11.4. The first-order chi connectivity index (χ1) is 11.3. The number of halogens is 1. The highest BCUT2D eigenvalue weighted by Crippen LogP contribution is 2.32. The molecule has 1 aromatic carbocycles. The van der Waals surface area contributed by atoms with Crippen molar-refractivity contribution in [2.24, 2.45) is 0 Å². The van der Waals surface area contributed by atoms with E-state index in [2.05, 4.69) is 14.9 Å². The van der Waals surface area contributed by atoms with Crippen LogP contribution in [0, 0.1) is 5.82 Å². The van der Waals surface area contributed by atoms with E-state index in [-0.39, 0.29) is 11.7 Å². The van der Waals surface area contributed by atoms with Crippen molar-refractivity contribution in [3.8, 4) is 11.3 Å². The first-order valence-corrected chi connectivity index (χ1v) is 8.06. The summed E-state index contributed by atoms with van der Waals surface area (Å²) < 4.78 is 19.3. The van der Waals surface area contributed by atoms with Gasteiger partial charge in [0, 0.05) is 44.1 Å². The zero-order valence-electron chi connectivity index (χ0n) is 13.4. The van der Waals surface area contributed by atoms with Crippen molar-refractivity contribution in [1.82, 2.24) is 14.9 Å². The molecule has 122 valence electrons. The second kappa shape index (κ2) is 7.62. The van der Waals surface area contributed by atoms with Crippen LogP contribution in [0.15, 0.2) is 36.7 Å². The number of hydrogen-bond acceptors (Lipinski definition) is 4. The van der Waals surface area contributed by atoms with Gasteiger partial charge in [-0.1, -0.05) is 12.1 Å². The molecule has 2 heterocycles. The van der Waals surface area contributed by atoms with E-state index in [4.69, 9.17) is 4.74 Å². The molecule has 1 saturated heterocycles. The minimum atomic E-state index is -0.249. The molecule has 0 amide bonds. The van der Waals surface area contributed by atoms with Gasteiger partial charge in [0.05, 0.1) is 18.0 Å². The normalized spacial score (nSPS) is 19.0. The van der Waals surface area contributed by atoms with Crippen molar-refractivity contribution in [3.05, 3.63) is 48.2 Å². The molecule has 2 aromatic rings. The number of piperidine rings is 1. The summed E-state index contributed by atoms with van der Waals surface area (Å²) in [5, 5.41) is 0. The van der Waals surface area contributed by atoms with Crippen molar-refractivity contribution in [1.29, 1.82) is 0 Å². The van der Waals surface area contributed by atoms with E-state index in [1.54, 1.807) is 31.6 Å².